The average molecular weight is 486 g/mol. The van der Waals surface area contributed by atoms with Crippen molar-refractivity contribution >= 4 is 27.5 Å². The average Bonchev–Trinajstić information content (AvgIpc) is 3.53. The van der Waals surface area contributed by atoms with Gasteiger partial charge in [-0.05, 0) is 54.8 Å². The van der Waals surface area contributed by atoms with Gasteiger partial charge in [-0.2, -0.15) is 9.40 Å². The predicted molar refractivity (Wildman–Crippen MR) is 123 cm³/mol. The second kappa shape index (κ2) is 10.1. The SMILES string of the molecule is O=C(Cn1cccn1)Nc1cccc(CNC(=O)c2ccc(F)c(S(=O)(=O)N3CCCC3)c2)c1. The lowest BCUT2D eigenvalue weighted by atomic mass is 10.1. The van der Waals surface area contributed by atoms with E-state index in [2.05, 4.69) is 15.7 Å². The number of anilines is 1. The second-order valence-electron chi connectivity index (χ2n) is 7.89. The summed E-state index contributed by atoms with van der Waals surface area (Å²) in [5.74, 6) is -1.67. The van der Waals surface area contributed by atoms with Gasteiger partial charge in [0, 0.05) is 43.3 Å². The molecule has 1 aromatic heterocycles. The van der Waals surface area contributed by atoms with Gasteiger partial charge in [-0.15, -0.1) is 0 Å². The van der Waals surface area contributed by atoms with E-state index >= 15 is 0 Å². The van der Waals surface area contributed by atoms with Crippen LogP contribution in [0.1, 0.15) is 28.8 Å². The first-order valence-electron chi connectivity index (χ1n) is 10.8. The van der Waals surface area contributed by atoms with Crippen molar-refractivity contribution in [2.75, 3.05) is 18.4 Å². The molecule has 2 amide bonds. The first kappa shape index (κ1) is 23.6. The van der Waals surface area contributed by atoms with Gasteiger partial charge in [-0.3, -0.25) is 14.3 Å². The van der Waals surface area contributed by atoms with Crippen LogP contribution in [-0.4, -0.2) is 47.4 Å². The van der Waals surface area contributed by atoms with Gasteiger partial charge in [-0.25, -0.2) is 12.8 Å². The summed E-state index contributed by atoms with van der Waals surface area (Å²) < 4.78 is 42.6. The number of benzene rings is 2. The Morgan fingerprint density at radius 1 is 1.06 bits per heavy atom. The van der Waals surface area contributed by atoms with E-state index in [1.807, 2.05) is 0 Å². The molecule has 2 heterocycles. The van der Waals surface area contributed by atoms with Gasteiger partial charge in [0.05, 0.1) is 0 Å². The van der Waals surface area contributed by atoms with Crippen molar-refractivity contribution in [3.05, 3.63) is 77.9 Å². The fourth-order valence-corrected chi connectivity index (χ4v) is 5.30. The van der Waals surface area contributed by atoms with E-state index in [1.54, 1.807) is 42.7 Å². The lowest BCUT2D eigenvalue weighted by molar-refractivity contribution is -0.116. The minimum absolute atomic E-state index is 0.0443. The number of hydrogen-bond donors (Lipinski definition) is 2. The van der Waals surface area contributed by atoms with Crippen molar-refractivity contribution in [1.82, 2.24) is 19.4 Å². The van der Waals surface area contributed by atoms with Crippen LogP contribution in [-0.2, 0) is 27.9 Å². The number of halogens is 1. The van der Waals surface area contributed by atoms with Gasteiger partial charge in [-0.1, -0.05) is 12.1 Å². The van der Waals surface area contributed by atoms with E-state index < -0.39 is 26.6 Å². The monoisotopic (exact) mass is 485 g/mol. The molecule has 9 nitrogen and oxygen atoms in total. The lowest BCUT2D eigenvalue weighted by Crippen LogP contribution is -2.29. The molecule has 0 atom stereocenters. The molecule has 0 aliphatic carbocycles. The van der Waals surface area contributed by atoms with Gasteiger partial charge in [0.25, 0.3) is 5.91 Å². The fourth-order valence-electron chi connectivity index (χ4n) is 3.69. The molecule has 34 heavy (non-hydrogen) atoms. The number of carbonyl (C=O) groups excluding carboxylic acids is 2. The summed E-state index contributed by atoms with van der Waals surface area (Å²) in [5.41, 5.74) is 1.32. The fraction of sp³-hybridized carbons (Fsp3) is 0.261. The summed E-state index contributed by atoms with van der Waals surface area (Å²) in [6.45, 7) is 0.883. The quantitative estimate of drug-likeness (QED) is 0.509. The van der Waals surface area contributed by atoms with Crippen LogP contribution in [0.4, 0.5) is 10.1 Å². The maximum absolute atomic E-state index is 14.3. The first-order valence-corrected chi connectivity index (χ1v) is 12.2. The highest BCUT2D eigenvalue weighted by Crippen LogP contribution is 2.24. The number of aromatic nitrogens is 2. The van der Waals surface area contributed by atoms with Gasteiger partial charge in [0.2, 0.25) is 15.9 Å². The highest BCUT2D eigenvalue weighted by atomic mass is 32.2. The molecule has 2 N–H and O–H groups in total. The number of nitrogens with one attached hydrogen (secondary N) is 2. The van der Waals surface area contributed by atoms with Gasteiger partial charge in [0.15, 0.2) is 0 Å². The Labute approximate surface area is 196 Å². The normalized spacial score (nSPS) is 14.1. The van der Waals surface area contributed by atoms with Gasteiger partial charge >= 0.3 is 0 Å². The number of rotatable bonds is 8. The summed E-state index contributed by atoms with van der Waals surface area (Å²) in [6.07, 6.45) is 4.72. The Morgan fingerprint density at radius 2 is 1.85 bits per heavy atom. The largest absolute Gasteiger partial charge is 0.348 e. The maximum Gasteiger partial charge on any atom is 0.251 e. The molecule has 0 bridgehead atoms. The van der Waals surface area contributed by atoms with E-state index in [-0.39, 0.29) is 24.6 Å². The van der Waals surface area contributed by atoms with Crippen molar-refractivity contribution in [3.8, 4) is 0 Å². The standard InChI is InChI=1S/C23H24FN5O4S/c24-20-8-7-18(14-21(20)34(32,33)29-11-1-2-12-29)23(31)25-15-17-5-3-6-19(13-17)27-22(30)16-28-10-4-9-26-28/h3-10,13-14H,1-2,11-12,15-16H2,(H,25,31)(H,27,30). The van der Waals surface area contributed by atoms with Crippen LogP contribution in [0.2, 0.25) is 0 Å². The lowest BCUT2D eigenvalue weighted by Gasteiger charge is -2.16. The Bertz CT molecular complexity index is 1290. The van der Waals surface area contributed by atoms with Crippen molar-refractivity contribution in [1.29, 1.82) is 0 Å². The van der Waals surface area contributed by atoms with Crippen LogP contribution < -0.4 is 10.6 Å². The Morgan fingerprint density at radius 3 is 2.59 bits per heavy atom. The van der Waals surface area contributed by atoms with Crippen molar-refractivity contribution in [2.24, 2.45) is 0 Å². The molecule has 3 aromatic rings. The number of sulfonamides is 1. The second-order valence-corrected chi connectivity index (χ2v) is 9.80. The summed E-state index contributed by atoms with van der Waals surface area (Å²) in [6, 6.07) is 12.0. The zero-order valence-electron chi connectivity index (χ0n) is 18.3. The van der Waals surface area contributed by atoms with Crippen molar-refractivity contribution < 1.29 is 22.4 Å². The number of carbonyl (C=O) groups is 2. The first-order chi connectivity index (χ1) is 16.3. The minimum atomic E-state index is -4.00. The van der Waals surface area contributed by atoms with Crippen LogP contribution >= 0.6 is 0 Å². The van der Waals surface area contributed by atoms with E-state index in [9.17, 15) is 22.4 Å². The number of amides is 2. The van der Waals surface area contributed by atoms with Crippen LogP contribution in [0.3, 0.4) is 0 Å². The van der Waals surface area contributed by atoms with E-state index in [0.29, 0.717) is 18.8 Å². The summed E-state index contributed by atoms with van der Waals surface area (Å²) in [7, 11) is -4.00. The third-order valence-electron chi connectivity index (χ3n) is 5.40. The van der Waals surface area contributed by atoms with E-state index in [0.717, 1.165) is 30.5 Å². The van der Waals surface area contributed by atoms with Gasteiger partial charge in [0.1, 0.15) is 17.3 Å². The van der Waals surface area contributed by atoms with E-state index in [4.69, 9.17) is 0 Å². The summed E-state index contributed by atoms with van der Waals surface area (Å²) in [5, 5.41) is 9.46. The predicted octanol–water partition coefficient (Wildman–Crippen LogP) is 2.38. The highest BCUT2D eigenvalue weighted by Gasteiger charge is 2.30. The molecule has 178 valence electrons. The van der Waals surface area contributed by atoms with Crippen molar-refractivity contribution in [3.63, 3.8) is 0 Å². The molecule has 2 aromatic carbocycles. The molecule has 4 rings (SSSR count). The molecule has 0 radical (unpaired) electrons. The molecular formula is C23H24FN5O4S. The molecular weight excluding hydrogens is 461 g/mol. The molecule has 1 fully saturated rings. The summed E-state index contributed by atoms with van der Waals surface area (Å²) in [4.78, 5) is 24.3. The van der Waals surface area contributed by atoms with Crippen LogP contribution in [0.15, 0.2) is 65.8 Å². The zero-order chi connectivity index (χ0) is 24.1. The van der Waals surface area contributed by atoms with E-state index in [1.165, 1.54) is 15.1 Å². The maximum atomic E-state index is 14.3. The smallest absolute Gasteiger partial charge is 0.251 e. The molecule has 1 saturated heterocycles. The van der Waals surface area contributed by atoms with Crippen LogP contribution in [0, 0.1) is 5.82 Å². The van der Waals surface area contributed by atoms with Gasteiger partial charge < -0.3 is 10.6 Å². The summed E-state index contributed by atoms with van der Waals surface area (Å²) >= 11 is 0. The third-order valence-corrected chi connectivity index (χ3v) is 7.32. The molecule has 1 aliphatic heterocycles. The zero-order valence-corrected chi connectivity index (χ0v) is 19.1. The molecule has 11 heteroatoms. The third kappa shape index (κ3) is 5.49. The Kier molecular flexibility index (Phi) is 7.03. The Balaban J connectivity index is 1.40. The topological polar surface area (TPSA) is 113 Å². The molecule has 1 aliphatic rings. The molecule has 0 saturated carbocycles. The number of hydrogen-bond acceptors (Lipinski definition) is 5. The molecule has 0 spiro atoms. The van der Waals surface area contributed by atoms with Crippen molar-refractivity contribution in [2.45, 2.75) is 30.8 Å². The molecule has 0 unspecified atom stereocenters. The minimum Gasteiger partial charge on any atom is -0.348 e. The highest BCUT2D eigenvalue weighted by molar-refractivity contribution is 7.89. The number of nitrogens with zero attached hydrogens (tertiary/aromatic N) is 3. The Hall–Kier alpha value is -3.57. The van der Waals surface area contributed by atoms with Crippen LogP contribution in [0.25, 0.3) is 0 Å². The van der Waals surface area contributed by atoms with Crippen LogP contribution in [0.5, 0.6) is 0 Å².